The van der Waals surface area contributed by atoms with Gasteiger partial charge in [0.2, 0.25) is 11.8 Å². The largest absolute Gasteiger partial charge is 0.320 e. The van der Waals surface area contributed by atoms with Crippen LogP contribution in [0.15, 0.2) is 77.6 Å². The second-order valence-corrected chi connectivity index (χ2v) is 8.33. The molecular weight excluding hydrogens is 416 g/mol. The van der Waals surface area contributed by atoms with Crippen LogP contribution in [-0.4, -0.2) is 27.7 Å². The van der Waals surface area contributed by atoms with Crippen LogP contribution in [0, 0.1) is 12.8 Å². The fourth-order valence-corrected chi connectivity index (χ4v) is 4.50. The minimum Gasteiger partial charge on any atom is -0.320 e. The van der Waals surface area contributed by atoms with Crippen LogP contribution in [0.2, 0.25) is 0 Å². The molecule has 7 heteroatoms. The number of benzene rings is 3. The minimum atomic E-state index is -0.541. The average Bonchev–Trinajstić information content (AvgIpc) is 3.32. The standard InChI is InChI=1S/C26H24N4O3/c1-17-24(26(33)30(28(17)2)20-11-4-3-5-12-20)27-25(32)19-15-23(31)29(16-19)22-14-8-10-18-9-6-7-13-21(18)22/h3-14,19H,15-16H2,1-2H3,(H,27,32). The van der Waals surface area contributed by atoms with Crippen LogP contribution >= 0.6 is 0 Å². The molecule has 1 atom stereocenters. The lowest BCUT2D eigenvalue weighted by Crippen LogP contribution is -2.30. The van der Waals surface area contributed by atoms with Gasteiger partial charge in [-0.25, -0.2) is 4.68 Å². The topological polar surface area (TPSA) is 76.3 Å². The molecule has 5 rings (SSSR count). The maximum atomic E-state index is 13.1. The van der Waals surface area contributed by atoms with Gasteiger partial charge in [-0.2, -0.15) is 0 Å². The highest BCUT2D eigenvalue weighted by atomic mass is 16.2. The lowest BCUT2D eigenvalue weighted by Gasteiger charge is -2.19. The molecule has 0 spiro atoms. The van der Waals surface area contributed by atoms with Crippen LogP contribution in [0.4, 0.5) is 11.4 Å². The van der Waals surface area contributed by atoms with Crippen molar-refractivity contribution in [2.75, 3.05) is 16.8 Å². The highest BCUT2D eigenvalue weighted by Gasteiger charge is 2.36. The van der Waals surface area contributed by atoms with Gasteiger partial charge in [-0.15, -0.1) is 0 Å². The Bertz CT molecular complexity index is 1430. The van der Waals surface area contributed by atoms with E-state index in [1.807, 2.05) is 72.8 Å². The Morgan fingerprint density at radius 2 is 1.64 bits per heavy atom. The summed E-state index contributed by atoms with van der Waals surface area (Å²) in [6.45, 7) is 2.07. The predicted octanol–water partition coefficient (Wildman–Crippen LogP) is 3.63. The summed E-state index contributed by atoms with van der Waals surface area (Å²) in [6, 6.07) is 23.0. The van der Waals surface area contributed by atoms with E-state index in [1.165, 1.54) is 4.68 Å². The Hall–Kier alpha value is -4.13. The van der Waals surface area contributed by atoms with Crippen molar-refractivity contribution < 1.29 is 9.59 Å². The molecule has 1 fully saturated rings. The Balaban J connectivity index is 1.41. The number of nitrogens with one attached hydrogen (secondary N) is 1. The van der Waals surface area contributed by atoms with Crippen LogP contribution in [-0.2, 0) is 16.6 Å². The molecule has 2 amide bonds. The number of amides is 2. The van der Waals surface area contributed by atoms with E-state index < -0.39 is 5.92 Å². The highest BCUT2D eigenvalue weighted by molar-refractivity contribution is 6.08. The number of fused-ring (bicyclic) bond motifs is 1. The van der Waals surface area contributed by atoms with Gasteiger partial charge in [0.25, 0.3) is 5.56 Å². The molecule has 4 aromatic rings. The van der Waals surface area contributed by atoms with E-state index in [-0.39, 0.29) is 36.0 Å². The van der Waals surface area contributed by atoms with Crippen molar-refractivity contribution in [3.63, 3.8) is 0 Å². The molecule has 2 heterocycles. The Kier molecular flexibility index (Phi) is 5.09. The average molecular weight is 441 g/mol. The van der Waals surface area contributed by atoms with Gasteiger partial charge >= 0.3 is 0 Å². The zero-order valence-corrected chi connectivity index (χ0v) is 18.5. The van der Waals surface area contributed by atoms with Crippen molar-refractivity contribution in [2.45, 2.75) is 13.3 Å². The van der Waals surface area contributed by atoms with Gasteiger partial charge in [-0.3, -0.25) is 19.1 Å². The number of hydrogen-bond donors (Lipinski definition) is 1. The maximum Gasteiger partial charge on any atom is 0.295 e. The molecule has 0 bridgehead atoms. The van der Waals surface area contributed by atoms with E-state index in [0.29, 0.717) is 11.4 Å². The number of anilines is 2. The summed E-state index contributed by atoms with van der Waals surface area (Å²) >= 11 is 0. The first-order chi connectivity index (χ1) is 16.0. The Morgan fingerprint density at radius 1 is 0.939 bits per heavy atom. The molecule has 1 N–H and O–H groups in total. The third-order valence-electron chi connectivity index (χ3n) is 6.36. The zero-order chi connectivity index (χ0) is 23.1. The molecule has 166 valence electrons. The number of rotatable bonds is 4. The van der Waals surface area contributed by atoms with Crippen LogP contribution in [0.1, 0.15) is 12.1 Å². The van der Waals surface area contributed by atoms with Crippen molar-refractivity contribution in [1.82, 2.24) is 9.36 Å². The summed E-state index contributed by atoms with van der Waals surface area (Å²) < 4.78 is 3.24. The monoisotopic (exact) mass is 440 g/mol. The first-order valence-corrected chi connectivity index (χ1v) is 10.9. The summed E-state index contributed by atoms with van der Waals surface area (Å²) in [5.74, 6) is -0.962. The van der Waals surface area contributed by atoms with Gasteiger partial charge in [0.1, 0.15) is 5.69 Å². The van der Waals surface area contributed by atoms with Gasteiger partial charge in [-0.1, -0.05) is 54.6 Å². The number of para-hydroxylation sites is 1. The summed E-state index contributed by atoms with van der Waals surface area (Å²) in [5.41, 5.74) is 2.10. The van der Waals surface area contributed by atoms with Gasteiger partial charge in [0.05, 0.1) is 23.0 Å². The molecule has 1 aliphatic heterocycles. The summed E-state index contributed by atoms with van der Waals surface area (Å²) in [7, 11) is 1.78. The Morgan fingerprint density at radius 3 is 2.42 bits per heavy atom. The quantitative estimate of drug-likeness (QED) is 0.527. The summed E-state index contributed by atoms with van der Waals surface area (Å²) in [4.78, 5) is 40.7. The molecular formula is C26H24N4O3. The van der Waals surface area contributed by atoms with Crippen LogP contribution < -0.4 is 15.8 Å². The highest BCUT2D eigenvalue weighted by Crippen LogP contribution is 2.32. The van der Waals surface area contributed by atoms with Crippen LogP contribution in [0.5, 0.6) is 0 Å². The molecule has 33 heavy (non-hydrogen) atoms. The SMILES string of the molecule is Cc1c(NC(=O)C2CC(=O)N(c3cccc4ccccc34)C2)c(=O)n(-c2ccccc2)n1C. The first-order valence-electron chi connectivity index (χ1n) is 10.9. The molecule has 1 unspecified atom stereocenters. The molecule has 7 nitrogen and oxygen atoms in total. The normalized spacial score (nSPS) is 15.9. The van der Waals surface area contributed by atoms with Gasteiger partial charge < -0.3 is 10.2 Å². The summed E-state index contributed by atoms with van der Waals surface area (Å²) in [5, 5.41) is 4.82. The molecule has 0 radical (unpaired) electrons. The Labute approximate surface area is 190 Å². The van der Waals surface area contributed by atoms with Gasteiger partial charge in [0, 0.05) is 25.4 Å². The molecule has 1 aliphatic rings. The molecule has 0 aliphatic carbocycles. The fourth-order valence-electron chi connectivity index (χ4n) is 4.50. The van der Waals surface area contributed by atoms with E-state index in [0.717, 1.165) is 16.5 Å². The van der Waals surface area contributed by atoms with Crippen molar-refractivity contribution in [1.29, 1.82) is 0 Å². The molecule has 0 saturated carbocycles. The molecule has 1 aromatic heterocycles. The number of aromatic nitrogens is 2. The van der Waals surface area contributed by atoms with Crippen molar-refractivity contribution in [3.8, 4) is 5.69 Å². The third kappa shape index (κ3) is 3.51. The van der Waals surface area contributed by atoms with Crippen molar-refractivity contribution >= 4 is 34.0 Å². The fraction of sp³-hybridized carbons (Fsp3) is 0.192. The van der Waals surface area contributed by atoms with E-state index in [4.69, 9.17) is 0 Å². The third-order valence-corrected chi connectivity index (χ3v) is 6.36. The first kappa shape index (κ1) is 20.8. The van der Waals surface area contributed by atoms with Crippen LogP contribution in [0.25, 0.3) is 16.5 Å². The van der Waals surface area contributed by atoms with Gasteiger partial charge in [0.15, 0.2) is 0 Å². The number of carbonyl (C=O) groups is 2. The molecule has 3 aromatic carbocycles. The van der Waals surface area contributed by atoms with E-state index in [9.17, 15) is 14.4 Å². The maximum absolute atomic E-state index is 13.1. The smallest absolute Gasteiger partial charge is 0.295 e. The van der Waals surface area contributed by atoms with Crippen LogP contribution in [0.3, 0.4) is 0 Å². The predicted molar refractivity (Wildman–Crippen MR) is 129 cm³/mol. The zero-order valence-electron chi connectivity index (χ0n) is 18.5. The number of hydrogen-bond acceptors (Lipinski definition) is 3. The van der Waals surface area contributed by atoms with Gasteiger partial charge in [-0.05, 0) is 30.5 Å². The summed E-state index contributed by atoms with van der Waals surface area (Å²) in [6.07, 6.45) is 0.105. The van der Waals surface area contributed by atoms with E-state index >= 15 is 0 Å². The second kappa shape index (κ2) is 8.09. The minimum absolute atomic E-state index is 0.0991. The van der Waals surface area contributed by atoms with E-state index in [1.54, 1.807) is 23.6 Å². The number of nitrogens with zero attached hydrogens (tertiary/aromatic N) is 3. The second-order valence-electron chi connectivity index (χ2n) is 8.33. The molecule has 1 saturated heterocycles. The lowest BCUT2D eigenvalue weighted by atomic mass is 10.1. The number of carbonyl (C=O) groups excluding carboxylic acids is 2. The van der Waals surface area contributed by atoms with Crippen molar-refractivity contribution in [3.05, 3.63) is 88.8 Å². The lowest BCUT2D eigenvalue weighted by molar-refractivity contribution is -0.122. The van der Waals surface area contributed by atoms with Crippen molar-refractivity contribution in [2.24, 2.45) is 13.0 Å². The van der Waals surface area contributed by atoms with E-state index in [2.05, 4.69) is 5.32 Å².